The third kappa shape index (κ3) is 4.81. The standard InChI is InChI=1S/C19H27Cl2N3O/c1-15(25)23-9-6-16(7-10-23)5-8-22-11-13-24(14-12-22)18-4-2-3-17(20)19(18)21/h2-4,16H,5-14H2,1H3. The van der Waals surface area contributed by atoms with E-state index in [-0.39, 0.29) is 5.91 Å². The number of likely N-dealkylation sites (tertiary alicyclic amines) is 1. The van der Waals surface area contributed by atoms with Crippen LogP contribution in [0.4, 0.5) is 5.69 Å². The van der Waals surface area contributed by atoms with Gasteiger partial charge >= 0.3 is 0 Å². The monoisotopic (exact) mass is 383 g/mol. The highest BCUT2D eigenvalue weighted by molar-refractivity contribution is 6.43. The molecule has 25 heavy (non-hydrogen) atoms. The van der Waals surface area contributed by atoms with Crippen LogP contribution in [0.2, 0.25) is 10.0 Å². The van der Waals surface area contributed by atoms with Gasteiger partial charge in [-0.05, 0) is 43.9 Å². The highest BCUT2D eigenvalue weighted by Gasteiger charge is 2.23. The summed E-state index contributed by atoms with van der Waals surface area (Å²) < 4.78 is 0. The average molecular weight is 384 g/mol. The molecule has 138 valence electrons. The van der Waals surface area contributed by atoms with Crippen molar-refractivity contribution >= 4 is 34.8 Å². The molecule has 0 radical (unpaired) electrons. The van der Waals surface area contributed by atoms with Gasteiger partial charge in [-0.1, -0.05) is 29.3 Å². The summed E-state index contributed by atoms with van der Waals surface area (Å²) in [7, 11) is 0. The fourth-order valence-electron chi connectivity index (χ4n) is 3.85. The van der Waals surface area contributed by atoms with Gasteiger partial charge in [0.2, 0.25) is 5.91 Å². The number of piperidine rings is 1. The number of hydrogen-bond donors (Lipinski definition) is 0. The number of rotatable bonds is 4. The highest BCUT2D eigenvalue weighted by Crippen LogP contribution is 2.33. The molecule has 0 aliphatic carbocycles. The summed E-state index contributed by atoms with van der Waals surface area (Å²) in [6, 6.07) is 5.84. The Hall–Kier alpha value is -0.970. The van der Waals surface area contributed by atoms with E-state index >= 15 is 0 Å². The van der Waals surface area contributed by atoms with E-state index in [9.17, 15) is 4.79 Å². The Bertz CT molecular complexity index is 594. The molecular weight excluding hydrogens is 357 g/mol. The Morgan fingerprint density at radius 1 is 1.08 bits per heavy atom. The summed E-state index contributed by atoms with van der Waals surface area (Å²) in [5.74, 6) is 0.977. The van der Waals surface area contributed by atoms with Gasteiger partial charge in [-0.15, -0.1) is 0 Å². The average Bonchev–Trinajstić information content (AvgIpc) is 2.63. The summed E-state index contributed by atoms with van der Waals surface area (Å²) in [4.78, 5) is 18.3. The smallest absolute Gasteiger partial charge is 0.219 e. The molecule has 3 rings (SSSR count). The van der Waals surface area contributed by atoms with Gasteiger partial charge in [-0.2, -0.15) is 0 Å². The van der Waals surface area contributed by atoms with Crippen LogP contribution in [0.15, 0.2) is 18.2 Å². The zero-order chi connectivity index (χ0) is 17.8. The lowest BCUT2D eigenvalue weighted by molar-refractivity contribution is -0.130. The van der Waals surface area contributed by atoms with Crippen LogP contribution in [0.1, 0.15) is 26.2 Å². The van der Waals surface area contributed by atoms with Gasteiger partial charge in [0.15, 0.2) is 0 Å². The van der Waals surface area contributed by atoms with Crippen LogP contribution < -0.4 is 4.90 Å². The van der Waals surface area contributed by atoms with Crippen molar-refractivity contribution in [3.63, 3.8) is 0 Å². The Morgan fingerprint density at radius 2 is 1.76 bits per heavy atom. The van der Waals surface area contributed by atoms with Crippen molar-refractivity contribution in [2.75, 3.05) is 50.7 Å². The summed E-state index contributed by atoms with van der Waals surface area (Å²) >= 11 is 12.5. The molecule has 2 heterocycles. The van der Waals surface area contributed by atoms with Crippen LogP contribution in [0.5, 0.6) is 0 Å². The molecule has 0 N–H and O–H groups in total. The Morgan fingerprint density at radius 3 is 2.40 bits per heavy atom. The number of nitrogens with zero attached hydrogens (tertiary/aromatic N) is 3. The predicted octanol–water partition coefficient (Wildman–Crippen LogP) is 3.76. The number of carbonyl (C=O) groups is 1. The lowest BCUT2D eigenvalue weighted by atomic mass is 9.93. The van der Waals surface area contributed by atoms with E-state index in [0.717, 1.165) is 70.3 Å². The minimum atomic E-state index is 0.217. The topological polar surface area (TPSA) is 26.8 Å². The highest BCUT2D eigenvalue weighted by atomic mass is 35.5. The molecule has 0 unspecified atom stereocenters. The van der Waals surface area contributed by atoms with Crippen LogP contribution >= 0.6 is 23.2 Å². The van der Waals surface area contributed by atoms with E-state index < -0.39 is 0 Å². The second-order valence-electron chi connectivity index (χ2n) is 7.14. The molecule has 2 fully saturated rings. The van der Waals surface area contributed by atoms with Crippen molar-refractivity contribution in [3.8, 4) is 0 Å². The number of halogens is 2. The number of piperazine rings is 1. The van der Waals surface area contributed by atoms with Crippen LogP contribution in [0.25, 0.3) is 0 Å². The number of hydrogen-bond acceptors (Lipinski definition) is 3. The maximum atomic E-state index is 11.4. The first-order chi connectivity index (χ1) is 12.0. The van der Waals surface area contributed by atoms with Crippen LogP contribution in [0, 0.1) is 5.92 Å². The Labute approximate surface area is 160 Å². The second-order valence-corrected chi connectivity index (χ2v) is 7.92. The minimum Gasteiger partial charge on any atom is -0.368 e. The molecule has 1 aromatic carbocycles. The third-order valence-corrected chi connectivity index (χ3v) is 6.37. The minimum absolute atomic E-state index is 0.217. The SMILES string of the molecule is CC(=O)N1CCC(CCN2CCN(c3cccc(Cl)c3Cl)CC2)CC1. The van der Waals surface area contributed by atoms with Gasteiger partial charge < -0.3 is 9.80 Å². The normalized spacial score (nSPS) is 20.1. The van der Waals surface area contributed by atoms with Gasteiger partial charge in [0, 0.05) is 46.2 Å². The number of amides is 1. The van der Waals surface area contributed by atoms with Gasteiger partial charge in [0.1, 0.15) is 0 Å². The maximum absolute atomic E-state index is 11.4. The fraction of sp³-hybridized carbons (Fsp3) is 0.632. The van der Waals surface area contributed by atoms with Gasteiger partial charge in [0.05, 0.1) is 15.7 Å². The maximum Gasteiger partial charge on any atom is 0.219 e. The molecule has 0 aromatic heterocycles. The zero-order valence-corrected chi connectivity index (χ0v) is 16.4. The number of anilines is 1. The van der Waals surface area contributed by atoms with Gasteiger partial charge in [-0.25, -0.2) is 0 Å². The molecule has 0 saturated carbocycles. The lowest BCUT2D eigenvalue weighted by Gasteiger charge is -2.38. The largest absolute Gasteiger partial charge is 0.368 e. The predicted molar refractivity (Wildman–Crippen MR) is 105 cm³/mol. The molecule has 6 heteroatoms. The lowest BCUT2D eigenvalue weighted by Crippen LogP contribution is -2.47. The zero-order valence-electron chi connectivity index (χ0n) is 14.9. The van der Waals surface area contributed by atoms with E-state index in [1.807, 2.05) is 23.1 Å². The van der Waals surface area contributed by atoms with Crippen molar-refractivity contribution in [3.05, 3.63) is 28.2 Å². The van der Waals surface area contributed by atoms with Crippen LogP contribution in [0.3, 0.4) is 0 Å². The molecule has 0 atom stereocenters. The molecule has 0 bridgehead atoms. The fourth-order valence-corrected chi connectivity index (χ4v) is 4.27. The van der Waals surface area contributed by atoms with Crippen LogP contribution in [-0.2, 0) is 4.79 Å². The summed E-state index contributed by atoms with van der Waals surface area (Å²) in [5.41, 5.74) is 1.05. The number of carbonyl (C=O) groups excluding carboxylic acids is 1. The third-order valence-electron chi connectivity index (χ3n) is 5.56. The first-order valence-electron chi connectivity index (χ1n) is 9.21. The van der Waals surface area contributed by atoms with E-state index in [1.165, 1.54) is 6.42 Å². The molecular formula is C19H27Cl2N3O. The molecule has 2 saturated heterocycles. The second kappa shape index (κ2) is 8.61. The molecule has 2 aliphatic heterocycles. The molecule has 2 aliphatic rings. The summed E-state index contributed by atoms with van der Waals surface area (Å²) in [6.45, 7) is 8.80. The Balaban J connectivity index is 1.41. The van der Waals surface area contributed by atoms with E-state index in [4.69, 9.17) is 23.2 Å². The van der Waals surface area contributed by atoms with Crippen molar-refractivity contribution < 1.29 is 4.79 Å². The van der Waals surface area contributed by atoms with Gasteiger partial charge in [0.25, 0.3) is 0 Å². The van der Waals surface area contributed by atoms with E-state index in [2.05, 4.69) is 9.80 Å². The van der Waals surface area contributed by atoms with Crippen molar-refractivity contribution in [1.82, 2.24) is 9.80 Å². The van der Waals surface area contributed by atoms with E-state index in [1.54, 1.807) is 6.92 Å². The number of benzene rings is 1. The quantitative estimate of drug-likeness (QED) is 0.791. The van der Waals surface area contributed by atoms with Gasteiger partial charge in [-0.3, -0.25) is 9.69 Å². The summed E-state index contributed by atoms with van der Waals surface area (Å²) in [6.07, 6.45) is 3.54. The molecule has 1 amide bonds. The van der Waals surface area contributed by atoms with Crippen molar-refractivity contribution in [1.29, 1.82) is 0 Å². The molecule has 0 spiro atoms. The molecule has 4 nitrogen and oxygen atoms in total. The Kier molecular flexibility index (Phi) is 6.48. The summed E-state index contributed by atoms with van der Waals surface area (Å²) in [5, 5.41) is 1.29. The molecule has 1 aromatic rings. The first kappa shape index (κ1) is 18.8. The van der Waals surface area contributed by atoms with Crippen LogP contribution in [-0.4, -0.2) is 61.5 Å². The van der Waals surface area contributed by atoms with Crippen molar-refractivity contribution in [2.45, 2.75) is 26.2 Å². The van der Waals surface area contributed by atoms with Crippen molar-refractivity contribution in [2.24, 2.45) is 5.92 Å². The first-order valence-corrected chi connectivity index (χ1v) is 9.97. The van der Waals surface area contributed by atoms with E-state index in [0.29, 0.717) is 10.0 Å².